The molecule has 0 saturated heterocycles. The first-order chi connectivity index (χ1) is 13.2. The van der Waals surface area contributed by atoms with Gasteiger partial charge in [-0.1, -0.05) is 48.5 Å². The molecule has 4 nitrogen and oxygen atoms in total. The summed E-state index contributed by atoms with van der Waals surface area (Å²) in [6.07, 6.45) is 3.45. The molecule has 0 saturated carbocycles. The summed E-state index contributed by atoms with van der Waals surface area (Å²) < 4.78 is 0. The van der Waals surface area contributed by atoms with E-state index < -0.39 is 0 Å². The maximum absolute atomic E-state index is 13.1. The molecule has 4 aromatic rings. The van der Waals surface area contributed by atoms with Gasteiger partial charge in [-0.3, -0.25) is 9.78 Å². The Balaban J connectivity index is 1.74. The quantitative estimate of drug-likeness (QED) is 0.574. The fraction of sp³-hybridized carbons (Fsp3) is 0.0870. The van der Waals surface area contributed by atoms with Crippen LogP contribution < -0.4 is 5.32 Å². The van der Waals surface area contributed by atoms with E-state index in [9.17, 15) is 4.79 Å². The van der Waals surface area contributed by atoms with Crippen LogP contribution in [0.15, 0.2) is 85.2 Å². The van der Waals surface area contributed by atoms with Crippen molar-refractivity contribution in [2.75, 3.05) is 0 Å². The lowest BCUT2D eigenvalue weighted by Crippen LogP contribution is -2.27. The van der Waals surface area contributed by atoms with E-state index in [4.69, 9.17) is 4.98 Å². The summed E-state index contributed by atoms with van der Waals surface area (Å²) >= 11 is 0. The molecule has 1 amide bonds. The zero-order valence-electron chi connectivity index (χ0n) is 15.0. The van der Waals surface area contributed by atoms with Crippen molar-refractivity contribution < 1.29 is 4.79 Å². The predicted octanol–water partition coefficient (Wildman–Crippen LogP) is 4.79. The van der Waals surface area contributed by atoms with Crippen molar-refractivity contribution in [2.24, 2.45) is 0 Å². The summed E-state index contributed by atoms with van der Waals surface area (Å²) in [7, 11) is 0. The van der Waals surface area contributed by atoms with Crippen LogP contribution in [0.3, 0.4) is 0 Å². The molecular formula is C23H19N3O. The van der Waals surface area contributed by atoms with Gasteiger partial charge < -0.3 is 5.32 Å². The predicted molar refractivity (Wildman–Crippen MR) is 107 cm³/mol. The minimum Gasteiger partial charge on any atom is -0.345 e. The van der Waals surface area contributed by atoms with E-state index in [1.54, 1.807) is 12.4 Å². The number of fused-ring (bicyclic) bond motifs is 1. The Hall–Kier alpha value is -3.53. The van der Waals surface area contributed by atoms with Crippen LogP contribution in [0.2, 0.25) is 0 Å². The Bertz CT molecular complexity index is 1080. The van der Waals surface area contributed by atoms with Crippen LogP contribution in [0.4, 0.5) is 0 Å². The molecule has 2 heterocycles. The van der Waals surface area contributed by atoms with E-state index in [1.807, 2.05) is 79.7 Å². The zero-order valence-corrected chi connectivity index (χ0v) is 15.0. The maximum atomic E-state index is 13.1. The summed E-state index contributed by atoms with van der Waals surface area (Å²) in [5.41, 5.74) is 4.17. The third-order valence-electron chi connectivity index (χ3n) is 4.58. The highest BCUT2D eigenvalue weighted by atomic mass is 16.1. The van der Waals surface area contributed by atoms with E-state index in [0.29, 0.717) is 5.56 Å². The van der Waals surface area contributed by atoms with Crippen LogP contribution in [0.5, 0.6) is 0 Å². The normalized spacial score (nSPS) is 11.9. The van der Waals surface area contributed by atoms with Crippen molar-refractivity contribution in [1.29, 1.82) is 0 Å². The topological polar surface area (TPSA) is 54.9 Å². The average molecular weight is 353 g/mol. The summed E-state index contributed by atoms with van der Waals surface area (Å²) in [5.74, 6) is -0.111. The Morgan fingerprint density at radius 3 is 2.41 bits per heavy atom. The molecule has 0 radical (unpaired) electrons. The molecule has 0 aliphatic carbocycles. The molecule has 4 rings (SSSR count). The van der Waals surface area contributed by atoms with E-state index in [0.717, 1.165) is 27.7 Å². The second kappa shape index (κ2) is 7.38. The van der Waals surface area contributed by atoms with E-state index in [1.165, 1.54) is 0 Å². The van der Waals surface area contributed by atoms with Crippen molar-refractivity contribution in [2.45, 2.75) is 13.0 Å². The summed E-state index contributed by atoms with van der Waals surface area (Å²) in [6.45, 7) is 1.99. The van der Waals surface area contributed by atoms with Gasteiger partial charge >= 0.3 is 0 Å². The second-order valence-corrected chi connectivity index (χ2v) is 6.41. The summed E-state index contributed by atoms with van der Waals surface area (Å²) in [5, 5.41) is 3.95. The number of aromatic nitrogens is 2. The number of amides is 1. The summed E-state index contributed by atoms with van der Waals surface area (Å²) in [4.78, 5) is 21.8. The Morgan fingerprint density at radius 1 is 0.926 bits per heavy atom. The minimum absolute atomic E-state index is 0.0880. The molecule has 0 fully saturated rings. The molecule has 27 heavy (non-hydrogen) atoms. The van der Waals surface area contributed by atoms with Crippen LogP contribution in [0, 0.1) is 0 Å². The Morgan fingerprint density at radius 2 is 1.63 bits per heavy atom. The van der Waals surface area contributed by atoms with Gasteiger partial charge in [0.2, 0.25) is 0 Å². The van der Waals surface area contributed by atoms with Gasteiger partial charge in [0.1, 0.15) is 0 Å². The van der Waals surface area contributed by atoms with Crippen molar-refractivity contribution in [3.05, 3.63) is 96.3 Å². The van der Waals surface area contributed by atoms with Gasteiger partial charge in [-0.25, -0.2) is 4.98 Å². The molecule has 2 aromatic heterocycles. The summed E-state index contributed by atoms with van der Waals surface area (Å²) in [6, 6.07) is 23.2. The standard InChI is InChI=1S/C23H19N3O/c1-16(17-7-3-2-4-8-17)25-23(27)20-15-22(18-11-13-24-14-12-18)26-21-10-6-5-9-19(20)21/h2-16H,1H3,(H,25,27)/t16-/m0/s1. The molecule has 4 heteroatoms. The van der Waals surface area contributed by atoms with Crippen molar-refractivity contribution in [3.63, 3.8) is 0 Å². The third kappa shape index (κ3) is 3.55. The van der Waals surface area contributed by atoms with Gasteiger partial charge in [0.05, 0.1) is 22.8 Å². The first kappa shape index (κ1) is 16.9. The lowest BCUT2D eigenvalue weighted by molar-refractivity contribution is 0.0941. The van der Waals surface area contributed by atoms with E-state index >= 15 is 0 Å². The highest BCUT2D eigenvalue weighted by molar-refractivity contribution is 6.07. The van der Waals surface area contributed by atoms with Crippen molar-refractivity contribution >= 4 is 16.8 Å². The van der Waals surface area contributed by atoms with Crippen LogP contribution >= 0.6 is 0 Å². The first-order valence-electron chi connectivity index (χ1n) is 8.88. The van der Waals surface area contributed by atoms with Gasteiger partial charge in [-0.15, -0.1) is 0 Å². The minimum atomic E-state index is -0.111. The number of hydrogen-bond acceptors (Lipinski definition) is 3. The molecule has 0 unspecified atom stereocenters. The Kier molecular flexibility index (Phi) is 4.62. The first-order valence-corrected chi connectivity index (χ1v) is 8.88. The van der Waals surface area contributed by atoms with E-state index in [-0.39, 0.29) is 11.9 Å². The number of nitrogens with one attached hydrogen (secondary N) is 1. The highest BCUT2D eigenvalue weighted by Gasteiger charge is 2.16. The van der Waals surface area contributed by atoms with Gasteiger partial charge in [-0.05, 0) is 36.8 Å². The van der Waals surface area contributed by atoms with Crippen molar-refractivity contribution in [3.8, 4) is 11.3 Å². The average Bonchev–Trinajstić information content (AvgIpc) is 2.74. The lowest BCUT2D eigenvalue weighted by atomic mass is 10.0. The van der Waals surface area contributed by atoms with Crippen LogP contribution in [0.1, 0.15) is 28.9 Å². The van der Waals surface area contributed by atoms with Crippen LogP contribution in [0.25, 0.3) is 22.2 Å². The number of carbonyl (C=O) groups excluding carboxylic acids is 1. The molecule has 0 bridgehead atoms. The molecule has 0 spiro atoms. The number of pyridine rings is 2. The Labute approximate surface area is 157 Å². The number of para-hydroxylation sites is 1. The number of benzene rings is 2. The van der Waals surface area contributed by atoms with Gasteiger partial charge in [0, 0.05) is 23.3 Å². The lowest BCUT2D eigenvalue weighted by Gasteiger charge is -2.16. The SMILES string of the molecule is C[C@H](NC(=O)c1cc(-c2ccncc2)nc2ccccc12)c1ccccc1. The number of hydrogen-bond donors (Lipinski definition) is 1. The molecule has 132 valence electrons. The van der Waals surface area contributed by atoms with Crippen molar-refractivity contribution in [1.82, 2.24) is 15.3 Å². The van der Waals surface area contributed by atoms with Crippen LogP contribution in [-0.2, 0) is 0 Å². The largest absolute Gasteiger partial charge is 0.345 e. The van der Waals surface area contributed by atoms with Crippen LogP contribution in [-0.4, -0.2) is 15.9 Å². The monoisotopic (exact) mass is 353 g/mol. The fourth-order valence-electron chi connectivity index (χ4n) is 3.13. The maximum Gasteiger partial charge on any atom is 0.252 e. The van der Waals surface area contributed by atoms with Gasteiger partial charge in [0.25, 0.3) is 5.91 Å². The fourth-order valence-corrected chi connectivity index (χ4v) is 3.13. The molecule has 0 aliphatic rings. The smallest absolute Gasteiger partial charge is 0.252 e. The second-order valence-electron chi connectivity index (χ2n) is 6.41. The molecule has 2 aromatic carbocycles. The van der Waals surface area contributed by atoms with Gasteiger partial charge in [0.15, 0.2) is 0 Å². The molecule has 1 N–H and O–H groups in total. The molecule has 1 atom stereocenters. The number of rotatable bonds is 4. The van der Waals surface area contributed by atoms with Gasteiger partial charge in [-0.2, -0.15) is 0 Å². The highest BCUT2D eigenvalue weighted by Crippen LogP contribution is 2.25. The van der Waals surface area contributed by atoms with E-state index in [2.05, 4.69) is 10.3 Å². The molecular weight excluding hydrogens is 334 g/mol. The molecule has 0 aliphatic heterocycles. The number of carbonyl (C=O) groups is 1. The third-order valence-corrected chi connectivity index (χ3v) is 4.58. The zero-order chi connectivity index (χ0) is 18.6. The number of nitrogens with zero attached hydrogens (tertiary/aromatic N) is 2.